The minimum absolute atomic E-state index is 0.104. The normalized spacial score (nSPS) is 11.1. The van der Waals surface area contributed by atoms with Gasteiger partial charge in [-0.25, -0.2) is 5.43 Å². The molecule has 4 aromatic rings. The largest absolute Gasteiger partial charge is 0.272 e. The van der Waals surface area contributed by atoms with E-state index in [2.05, 4.69) is 20.7 Å². The van der Waals surface area contributed by atoms with Crippen molar-refractivity contribution in [3.05, 3.63) is 94.0 Å². The van der Waals surface area contributed by atoms with Crippen molar-refractivity contribution < 1.29 is 4.79 Å². The Balaban J connectivity index is 1.50. The highest BCUT2D eigenvalue weighted by atomic mass is 35.5. The summed E-state index contributed by atoms with van der Waals surface area (Å²) in [5.74, 6) is 0.515. The van der Waals surface area contributed by atoms with Crippen molar-refractivity contribution in [2.24, 2.45) is 5.10 Å². The first-order valence-electron chi connectivity index (χ1n) is 9.99. The Morgan fingerprint density at radius 3 is 2.39 bits per heavy atom. The number of halogens is 2. The van der Waals surface area contributed by atoms with Crippen LogP contribution >= 0.6 is 35.0 Å². The summed E-state index contributed by atoms with van der Waals surface area (Å²) in [4.78, 5) is 12.4. The number of amides is 1. The second-order valence-corrected chi connectivity index (χ2v) is 8.82. The van der Waals surface area contributed by atoms with Gasteiger partial charge in [0.05, 0.1) is 22.0 Å². The van der Waals surface area contributed by atoms with Gasteiger partial charge in [-0.3, -0.25) is 9.36 Å². The predicted octanol–water partition coefficient (Wildman–Crippen LogP) is 5.79. The topological polar surface area (TPSA) is 72.2 Å². The predicted molar refractivity (Wildman–Crippen MR) is 134 cm³/mol. The molecule has 6 nitrogen and oxygen atoms in total. The van der Waals surface area contributed by atoms with Gasteiger partial charge in [-0.1, -0.05) is 89.1 Å². The van der Waals surface area contributed by atoms with Crippen LogP contribution in [-0.4, -0.2) is 32.6 Å². The average Bonchev–Trinajstić information content (AvgIpc) is 3.24. The first-order chi connectivity index (χ1) is 16.0. The number of benzene rings is 3. The fraction of sp³-hybridized carbons (Fsp3) is 0.0833. The van der Waals surface area contributed by atoms with Gasteiger partial charge in [0.2, 0.25) is 0 Å². The van der Waals surface area contributed by atoms with Crippen LogP contribution in [0.4, 0.5) is 0 Å². The number of carbonyl (C=O) groups excluding carboxylic acids is 1. The van der Waals surface area contributed by atoms with Crippen LogP contribution in [0.25, 0.3) is 17.1 Å². The van der Waals surface area contributed by atoms with Gasteiger partial charge in [-0.05, 0) is 31.2 Å². The number of nitrogens with one attached hydrogen (secondary N) is 1. The molecule has 0 spiro atoms. The van der Waals surface area contributed by atoms with Crippen LogP contribution in [0.2, 0.25) is 10.0 Å². The summed E-state index contributed by atoms with van der Waals surface area (Å²) in [6.07, 6.45) is 1.43. The molecule has 1 amide bonds. The Morgan fingerprint density at radius 1 is 1.00 bits per heavy atom. The molecule has 0 saturated carbocycles. The van der Waals surface area contributed by atoms with E-state index in [9.17, 15) is 4.79 Å². The summed E-state index contributed by atoms with van der Waals surface area (Å²) in [5.41, 5.74) is 6.05. The lowest BCUT2D eigenvalue weighted by atomic mass is 10.1. The molecule has 0 aliphatic rings. The number of thioether (sulfide) groups is 1. The fourth-order valence-corrected chi connectivity index (χ4v) is 4.27. The number of carbonyl (C=O) groups is 1. The van der Waals surface area contributed by atoms with Crippen molar-refractivity contribution in [1.29, 1.82) is 0 Å². The molecule has 3 aromatic carbocycles. The first kappa shape index (κ1) is 23.0. The van der Waals surface area contributed by atoms with Crippen LogP contribution in [-0.2, 0) is 4.79 Å². The number of hydrazone groups is 1. The van der Waals surface area contributed by atoms with E-state index in [-0.39, 0.29) is 11.7 Å². The Kier molecular flexibility index (Phi) is 7.44. The van der Waals surface area contributed by atoms with E-state index in [1.807, 2.05) is 66.1 Å². The maximum atomic E-state index is 12.4. The summed E-state index contributed by atoms with van der Waals surface area (Å²) in [7, 11) is 0. The number of para-hydroxylation sites is 1. The maximum absolute atomic E-state index is 12.4. The Morgan fingerprint density at radius 2 is 1.70 bits per heavy atom. The van der Waals surface area contributed by atoms with Crippen LogP contribution < -0.4 is 5.43 Å². The zero-order chi connectivity index (χ0) is 23.2. The number of nitrogens with zero attached hydrogens (tertiary/aromatic N) is 4. The minimum Gasteiger partial charge on any atom is -0.272 e. The van der Waals surface area contributed by atoms with Gasteiger partial charge >= 0.3 is 0 Å². The molecule has 0 radical (unpaired) electrons. The van der Waals surface area contributed by atoms with E-state index in [0.29, 0.717) is 26.6 Å². The van der Waals surface area contributed by atoms with Gasteiger partial charge in [0.25, 0.3) is 5.91 Å². The lowest BCUT2D eigenvalue weighted by molar-refractivity contribution is -0.118. The van der Waals surface area contributed by atoms with E-state index >= 15 is 0 Å². The van der Waals surface area contributed by atoms with Crippen molar-refractivity contribution in [1.82, 2.24) is 20.2 Å². The van der Waals surface area contributed by atoms with Crippen molar-refractivity contribution >= 4 is 47.1 Å². The zero-order valence-corrected chi connectivity index (χ0v) is 19.9. The number of rotatable bonds is 7. The maximum Gasteiger partial charge on any atom is 0.250 e. The zero-order valence-electron chi connectivity index (χ0n) is 17.6. The summed E-state index contributed by atoms with van der Waals surface area (Å²) in [6.45, 7) is 2.04. The fourth-order valence-electron chi connectivity index (χ4n) is 3.03. The quantitative estimate of drug-likeness (QED) is 0.200. The van der Waals surface area contributed by atoms with E-state index < -0.39 is 0 Å². The molecule has 0 aliphatic carbocycles. The molecule has 1 N–H and O–H groups in total. The summed E-state index contributed by atoms with van der Waals surface area (Å²) in [6, 6.07) is 23.0. The lowest BCUT2D eigenvalue weighted by Gasteiger charge is -2.10. The van der Waals surface area contributed by atoms with E-state index in [4.69, 9.17) is 23.2 Å². The van der Waals surface area contributed by atoms with Gasteiger partial charge in [-0.15, -0.1) is 10.2 Å². The standard InChI is InChI=1S/C24H19Cl2N5OS/c1-16-10-12-17(13-11-16)23-29-30-24(31(23)18-6-3-2-4-7-18)33-15-22(32)28-27-14-19-20(25)8-5-9-21(19)26/h2-14H,15H2,1H3,(H,28,32)/b27-14+. The van der Waals surface area contributed by atoms with Crippen molar-refractivity contribution in [2.75, 3.05) is 5.75 Å². The third-order valence-electron chi connectivity index (χ3n) is 4.67. The van der Waals surface area contributed by atoms with Crippen molar-refractivity contribution in [3.8, 4) is 17.1 Å². The van der Waals surface area contributed by atoms with E-state index in [1.165, 1.54) is 18.0 Å². The molecule has 0 fully saturated rings. The Labute approximate surface area is 205 Å². The second-order valence-electron chi connectivity index (χ2n) is 7.06. The molecule has 0 atom stereocenters. The number of aromatic nitrogens is 3. The third kappa shape index (κ3) is 5.63. The van der Waals surface area contributed by atoms with Crippen molar-refractivity contribution in [2.45, 2.75) is 12.1 Å². The molecular weight excluding hydrogens is 477 g/mol. The molecular formula is C24H19Cl2N5OS. The Hall–Kier alpha value is -3.13. The molecule has 33 heavy (non-hydrogen) atoms. The van der Waals surface area contributed by atoms with Crippen LogP contribution in [0.3, 0.4) is 0 Å². The van der Waals surface area contributed by atoms with Gasteiger partial charge in [0.1, 0.15) is 0 Å². The molecule has 166 valence electrons. The smallest absolute Gasteiger partial charge is 0.250 e. The van der Waals surface area contributed by atoms with Crippen LogP contribution in [0.1, 0.15) is 11.1 Å². The number of aryl methyl sites for hydroxylation is 1. The highest BCUT2D eigenvalue weighted by molar-refractivity contribution is 7.99. The molecule has 0 bridgehead atoms. The number of hydrogen-bond donors (Lipinski definition) is 1. The van der Waals surface area contributed by atoms with Crippen LogP contribution in [0.15, 0.2) is 83.1 Å². The van der Waals surface area contributed by atoms with Gasteiger partial charge in [0.15, 0.2) is 11.0 Å². The van der Waals surface area contributed by atoms with E-state index in [0.717, 1.165) is 16.8 Å². The van der Waals surface area contributed by atoms with Crippen LogP contribution in [0, 0.1) is 6.92 Å². The molecule has 4 rings (SSSR count). The lowest BCUT2D eigenvalue weighted by Crippen LogP contribution is -2.20. The summed E-state index contributed by atoms with van der Waals surface area (Å²) in [5, 5.41) is 14.2. The van der Waals surface area contributed by atoms with E-state index in [1.54, 1.807) is 18.2 Å². The molecule has 0 aliphatic heterocycles. The van der Waals surface area contributed by atoms with Gasteiger partial charge in [0, 0.05) is 16.8 Å². The SMILES string of the molecule is Cc1ccc(-c2nnc(SCC(=O)N/N=C/c3c(Cl)cccc3Cl)n2-c2ccccc2)cc1. The summed E-state index contributed by atoms with van der Waals surface area (Å²) >= 11 is 13.5. The Bertz CT molecular complexity index is 1270. The number of hydrogen-bond acceptors (Lipinski definition) is 5. The summed E-state index contributed by atoms with van der Waals surface area (Å²) < 4.78 is 1.94. The molecule has 1 heterocycles. The second kappa shape index (κ2) is 10.7. The molecule has 1 aromatic heterocycles. The third-order valence-corrected chi connectivity index (χ3v) is 6.26. The monoisotopic (exact) mass is 495 g/mol. The highest BCUT2D eigenvalue weighted by Crippen LogP contribution is 2.28. The molecule has 0 unspecified atom stereocenters. The first-order valence-corrected chi connectivity index (χ1v) is 11.7. The molecule has 0 saturated heterocycles. The average molecular weight is 496 g/mol. The molecule has 9 heteroatoms. The minimum atomic E-state index is -0.293. The van der Waals surface area contributed by atoms with Gasteiger partial charge < -0.3 is 0 Å². The highest BCUT2D eigenvalue weighted by Gasteiger charge is 2.17. The van der Waals surface area contributed by atoms with Crippen LogP contribution in [0.5, 0.6) is 0 Å². The van der Waals surface area contributed by atoms with Gasteiger partial charge in [-0.2, -0.15) is 5.10 Å². The van der Waals surface area contributed by atoms with Crippen molar-refractivity contribution in [3.63, 3.8) is 0 Å².